The molecule has 10 heteroatoms. The SMILES string of the molecule is CC1=C(C(=O)Nc2ccccc2)C(c2cccc([N+](=O)[O-])c2)n2nc(-c3cccnc3)nc2N1. The number of rotatable bonds is 5. The molecule has 0 fully saturated rings. The van der Waals surface area contributed by atoms with E-state index in [-0.39, 0.29) is 11.6 Å². The highest BCUT2D eigenvalue weighted by molar-refractivity contribution is 6.06. The van der Waals surface area contributed by atoms with Crippen LogP contribution in [0, 0.1) is 10.1 Å². The van der Waals surface area contributed by atoms with E-state index in [4.69, 9.17) is 0 Å². The molecule has 1 aliphatic heterocycles. The number of allylic oxidation sites excluding steroid dienone is 1. The Balaban J connectivity index is 1.63. The second kappa shape index (κ2) is 8.58. The molecule has 0 radical (unpaired) electrons. The van der Waals surface area contributed by atoms with Crippen molar-refractivity contribution >= 4 is 23.2 Å². The van der Waals surface area contributed by atoms with E-state index in [0.717, 1.165) is 0 Å². The summed E-state index contributed by atoms with van der Waals surface area (Å²) < 4.78 is 1.58. The van der Waals surface area contributed by atoms with Crippen molar-refractivity contribution in [1.29, 1.82) is 0 Å². The monoisotopic (exact) mass is 453 g/mol. The van der Waals surface area contributed by atoms with E-state index in [0.29, 0.717) is 39.9 Å². The number of amides is 1. The predicted molar refractivity (Wildman–Crippen MR) is 126 cm³/mol. The first kappa shape index (κ1) is 21.0. The maximum atomic E-state index is 13.5. The van der Waals surface area contributed by atoms with Gasteiger partial charge in [-0.1, -0.05) is 30.3 Å². The van der Waals surface area contributed by atoms with Crippen molar-refractivity contribution in [2.45, 2.75) is 13.0 Å². The molecule has 0 aliphatic carbocycles. The summed E-state index contributed by atoms with van der Waals surface area (Å²) in [6.07, 6.45) is 3.30. The van der Waals surface area contributed by atoms with Crippen LogP contribution in [0.5, 0.6) is 0 Å². The number of carbonyl (C=O) groups is 1. The third-order valence-corrected chi connectivity index (χ3v) is 5.45. The number of benzene rings is 2. The van der Waals surface area contributed by atoms with Crippen LogP contribution in [0.1, 0.15) is 18.5 Å². The van der Waals surface area contributed by atoms with Crippen molar-refractivity contribution in [1.82, 2.24) is 19.7 Å². The summed E-state index contributed by atoms with van der Waals surface area (Å²) in [4.78, 5) is 33.1. The molecule has 1 atom stereocenters. The van der Waals surface area contributed by atoms with Gasteiger partial charge in [-0.25, -0.2) is 4.68 Å². The van der Waals surface area contributed by atoms with Crippen LogP contribution < -0.4 is 10.6 Å². The Morgan fingerprint density at radius 1 is 1.12 bits per heavy atom. The number of nitro benzene ring substituents is 1. The number of pyridine rings is 1. The van der Waals surface area contributed by atoms with Gasteiger partial charge >= 0.3 is 0 Å². The quantitative estimate of drug-likeness (QED) is 0.343. The van der Waals surface area contributed by atoms with Gasteiger partial charge in [0.2, 0.25) is 5.95 Å². The highest BCUT2D eigenvalue weighted by Crippen LogP contribution is 2.37. The van der Waals surface area contributed by atoms with Crippen LogP contribution in [0.4, 0.5) is 17.3 Å². The van der Waals surface area contributed by atoms with Gasteiger partial charge < -0.3 is 10.6 Å². The van der Waals surface area contributed by atoms with E-state index in [1.807, 2.05) is 24.3 Å². The molecule has 10 nitrogen and oxygen atoms in total. The molecule has 4 aromatic rings. The molecule has 2 aromatic heterocycles. The maximum absolute atomic E-state index is 13.5. The number of aromatic nitrogens is 4. The summed E-state index contributed by atoms with van der Waals surface area (Å²) in [5.41, 5.74) is 2.74. The zero-order chi connectivity index (χ0) is 23.7. The molecule has 2 N–H and O–H groups in total. The number of nitro groups is 1. The molecule has 1 aliphatic rings. The van der Waals surface area contributed by atoms with E-state index in [1.54, 1.807) is 54.3 Å². The normalized spacial score (nSPS) is 14.8. The molecule has 0 bridgehead atoms. The topological polar surface area (TPSA) is 128 Å². The van der Waals surface area contributed by atoms with Crippen LogP contribution in [0.25, 0.3) is 11.4 Å². The molecule has 2 aromatic carbocycles. The fourth-order valence-corrected chi connectivity index (χ4v) is 3.90. The van der Waals surface area contributed by atoms with Crippen LogP contribution in [0.15, 0.2) is 90.4 Å². The predicted octanol–water partition coefficient (Wildman–Crippen LogP) is 4.18. The molecular formula is C24H19N7O3. The first-order chi connectivity index (χ1) is 16.5. The van der Waals surface area contributed by atoms with Crippen LogP contribution in [0.2, 0.25) is 0 Å². The molecule has 5 rings (SSSR count). The fraction of sp³-hybridized carbons (Fsp3) is 0.0833. The van der Waals surface area contributed by atoms with Gasteiger partial charge in [-0.3, -0.25) is 19.9 Å². The fourth-order valence-electron chi connectivity index (χ4n) is 3.90. The van der Waals surface area contributed by atoms with E-state index in [9.17, 15) is 14.9 Å². The first-order valence-electron chi connectivity index (χ1n) is 10.5. The molecule has 168 valence electrons. The number of para-hydroxylation sites is 1. The van der Waals surface area contributed by atoms with Gasteiger partial charge in [-0.2, -0.15) is 4.98 Å². The Labute approximate surface area is 194 Å². The lowest BCUT2D eigenvalue weighted by Crippen LogP contribution is -2.31. The molecule has 3 heterocycles. The Bertz CT molecular complexity index is 1420. The van der Waals surface area contributed by atoms with Crippen LogP contribution in [-0.4, -0.2) is 30.6 Å². The Hall–Kier alpha value is -4.86. The third-order valence-electron chi connectivity index (χ3n) is 5.45. The standard InChI is InChI=1S/C24H19N7O3/c1-15-20(23(32)27-18-9-3-2-4-10-18)21(16-7-5-11-19(13-16)31(33)34)30-24(26-15)28-22(29-30)17-8-6-12-25-14-17/h2-14,21H,1H3,(H,27,32)(H,26,28,29). The Kier molecular flexibility index (Phi) is 5.30. The molecule has 1 amide bonds. The minimum atomic E-state index is -0.738. The Morgan fingerprint density at radius 3 is 2.68 bits per heavy atom. The summed E-state index contributed by atoms with van der Waals surface area (Å²) in [5.74, 6) is 0.490. The number of carbonyl (C=O) groups excluding carboxylic acids is 1. The van der Waals surface area contributed by atoms with Crippen molar-refractivity contribution < 1.29 is 9.72 Å². The number of fused-ring (bicyclic) bond motifs is 1. The highest BCUT2D eigenvalue weighted by atomic mass is 16.6. The van der Waals surface area contributed by atoms with E-state index < -0.39 is 11.0 Å². The number of anilines is 2. The van der Waals surface area contributed by atoms with Gasteiger partial charge in [-0.05, 0) is 36.8 Å². The van der Waals surface area contributed by atoms with Gasteiger partial charge in [0, 0.05) is 41.5 Å². The summed E-state index contributed by atoms with van der Waals surface area (Å²) in [5, 5.41) is 22.2. The lowest BCUT2D eigenvalue weighted by atomic mass is 9.94. The third kappa shape index (κ3) is 3.88. The zero-order valence-electron chi connectivity index (χ0n) is 18.0. The summed E-state index contributed by atoms with van der Waals surface area (Å²) in [6.45, 7) is 1.77. The number of hydrogen-bond acceptors (Lipinski definition) is 7. The van der Waals surface area contributed by atoms with Crippen molar-refractivity contribution in [2.75, 3.05) is 10.6 Å². The molecule has 34 heavy (non-hydrogen) atoms. The molecular weight excluding hydrogens is 434 g/mol. The minimum Gasteiger partial charge on any atom is -0.328 e. The molecule has 1 unspecified atom stereocenters. The largest absolute Gasteiger partial charge is 0.328 e. The smallest absolute Gasteiger partial charge is 0.269 e. The van der Waals surface area contributed by atoms with E-state index in [2.05, 4.69) is 25.7 Å². The van der Waals surface area contributed by atoms with Crippen molar-refractivity contribution in [3.63, 3.8) is 0 Å². The second-order valence-corrected chi connectivity index (χ2v) is 7.68. The van der Waals surface area contributed by atoms with Crippen molar-refractivity contribution in [3.8, 4) is 11.4 Å². The molecule has 0 spiro atoms. The average molecular weight is 453 g/mol. The van der Waals surface area contributed by atoms with Gasteiger partial charge in [-0.15, -0.1) is 5.10 Å². The van der Waals surface area contributed by atoms with Gasteiger partial charge in [0.1, 0.15) is 6.04 Å². The van der Waals surface area contributed by atoms with Crippen LogP contribution >= 0.6 is 0 Å². The summed E-state index contributed by atoms with van der Waals surface area (Å²) in [6, 6.07) is 18.1. The number of non-ortho nitro benzene ring substituents is 1. The summed E-state index contributed by atoms with van der Waals surface area (Å²) in [7, 11) is 0. The first-order valence-corrected chi connectivity index (χ1v) is 10.5. The van der Waals surface area contributed by atoms with Crippen LogP contribution in [-0.2, 0) is 4.79 Å². The molecule has 0 saturated carbocycles. The van der Waals surface area contributed by atoms with Gasteiger partial charge in [0.15, 0.2) is 5.82 Å². The van der Waals surface area contributed by atoms with E-state index in [1.165, 1.54) is 12.1 Å². The van der Waals surface area contributed by atoms with E-state index >= 15 is 0 Å². The zero-order valence-corrected chi connectivity index (χ0v) is 18.0. The van der Waals surface area contributed by atoms with Crippen molar-refractivity contribution in [2.24, 2.45) is 0 Å². The maximum Gasteiger partial charge on any atom is 0.269 e. The number of nitrogens with one attached hydrogen (secondary N) is 2. The molecule has 0 saturated heterocycles. The van der Waals surface area contributed by atoms with Gasteiger partial charge in [0.05, 0.1) is 10.5 Å². The van der Waals surface area contributed by atoms with Crippen molar-refractivity contribution in [3.05, 3.63) is 106 Å². The number of hydrogen-bond donors (Lipinski definition) is 2. The minimum absolute atomic E-state index is 0.0781. The lowest BCUT2D eigenvalue weighted by molar-refractivity contribution is -0.384. The Morgan fingerprint density at radius 2 is 1.94 bits per heavy atom. The second-order valence-electron chi connectivity index (χ2n) is 7.68. The van der Waals surface area contributed by atoms with Gasteiger partial charge in [0.25, 0.3) is 11.6 Å². The summed E-state index contributed by atoms with van der Waals surface area (Å²) >= 11 is 0. The van der Waals surface area contributed by atoms with Crippen LogP contribution in [0.3, 0.4) is 0 Å². The number of nitrogens with zero attached hydrogens (tertiary/aromatic N) is 5. The highest BCUT2D eigenvalue weighted by Gasteiger charge is 2.35. The average Bonchev–Trinajstić information content (AvgIpc) is 3.28. The lowest BCUT2D eigenvalue weighted by Gasteiger charge is -2.28.